The molecule has 6 heteroatoms. The van der Waals surface area contributed by atoms with Gasteiger partial charge in [-0.1, -0.05) is 11.8 Å². The molecule has 0 saturated carbocycles. The summed E-state index contributed by atoms with van der Waals surface area (Å²) >= 11 is 3.27. The second-order valence-corrected chi connectivity index (χ2v) is 7.62. The Bertz CT molecular complexity index is 870. The molecule has 0 atom stereocenters. The lowest BCUT2D eigenvalue weighted by molar-refractivity contribution is 0.102. The van der Waals surface area contributed by atoms with Crippen molar-refractivity contribution >= 4 is 50.6 Å². The molecule has 0 saturated heterocycles. The summed E-state index contributed by atoms with van der Waals surface area (Å²) in [5.41, 5.74) is 3.56. The van der Waals surface area contributed by atoms with Gasteiger partial charge in [0.05, 0.1) is 10.2 Å². The molecule has 0 aliphatic carbocycles. The number of carbonyl (C=O) groups is 1. The van der Waals surface area contributed by atoms with Crippen molar-refractivity contribution in [2.75, 3.05) is 29.6 Å². The Balaban J connectivity index is 1.75. The SMILES string of the molecule is CCN(CC)c1ccc(C(=O)Nc2ccc3nc(SC)sc3c2)cc1. The van der Waals surface area contributed by atoms with Gasteiger partial charge >= 0.3 is 0 Å². The van der Waals surface area contributed by atoms with E-state index in [4.69, 9.17) is 0 Å². The van der Waals surface area contributed by atoms with Crippen LogP contribution in [0.1, 0.15) is 24.2 Å². The highest BCUT2D eigenvalue weighted by Crippen LogP contribution is 2.30. The van der Waals surface area contributed by atoms with Crippen LogP contribution in [0.5, 0.6) is 0 Å². The zero-order valence-corrected chi connectivity index (χ0v) is 16.2. The van der Waals surface area contributed by atoms with Gasteiger partial charge in [-0.2, -0.15) is 0 Å². The Hall–Kier alpha value is -2.05. The van der Waals surface area contributed by atoms with Crippen molar-refractivity contribution in [2.45, 2.75) is 18.2 Å². The second-order valence-electron chi connectivity index (χ2n) is 5.54. The number of amides is 1. The number of benzene rings is 2. The van der Waals surface area contributed by atoms with Crippen LogP contribution in [0, 0.1) is 0 Å². The molecule has 0 spiro atoms. The first kappa shape index (κ1) is 17.8. The zero-order chi connectivity index (χ0) is 17.8. The molecule has 3 aromatic rings. The molecule has 1 amide bonds. The van der Waals surface area contributed by atoms with Crippen molar-refractivity contribution in [3.63, 3.8) is 0 Å². The molecule has 0 bridgehead atoms. The molecule has 2 aromatic carbocycles. The van der Waals surface area contributed by atoms with Gasteiger partial charge in [0.25, 0.3) is 5.91 Å². The van der Waals surface area contributed by atoms with Gasteiger partial charge in [0.2, 0.25) is 0 Å². The summed E-state index contributed by atoms with van der Waals surface area (Å²) in [6.07, 6.45) is 2.02. The lowest BCUT2D eigenvalue weighted by Gasteiger charge is -2.21. The van der Waals surface area contributed by atoms with Gasteiger partial charge < -0.3 is 10.2 Å². The fraction of sp³-hybridized carbons (Fsp3) is 0.263. The third-order valence-corrected chi connectivity index (χ3v) is 6.06. The minimum Gasteiger partial charge on any atom is -0.372 e. The zero-order valence-electron chi connectivity index (χ0n) is 14.6. The topological polar surface area (TPSA) is 45.2 Å². The largest absolute Gasteiger partial charge is 0.372 e. The van der Waals surface area contributed by atoms with Crippen molar-refractivity contribution < 1.29 is 4.79 Å². The molecule has 1 aromatic heterocycles. The first-order valence-electron chi connectivity index (χ1n) is 8.25. The summed E-state index contributed by atoms with van der Waals surface area (Å²) in [4.78, 5) is 19.3. The number of hydrogen-bond acceptors (Lipinski definition) is 5. The molecule has 0 fully saturated rings. The number of nitrogens with one attached hydrogen (secondary N) is 1. The smallest absolute Gasteiger partial charge is 0.255 e. The van der Waals surface area contributed by atoms with Crippen LogP contribution >= 0.6 is 23.1 Å². The van der Waals surface area contributed by atoms with E-state index >= 15 is 0 Å². The van der Waals surface area contributed by atoms with Crippen LogP contribution in [0.15, 0.2) is 46.8 Å². The highest BCUT2D eigenvalue weighted by atomic mass is 32.2. The van der Waals surface area contributed by atoms with Crippen LogP contribution < -0.4 is 10.2 Å². The van der Waals surface area contributed by atoms with Crippen LogP contribution in [-0.4, -0.2) is 30.2 Å². The van der Waals surface area contributed by atoms with Gasteiger partial charge in [0.15, 0.2) is 4.34 Å². The average molecular weight is 372 g/mol. The number of fused-ring (bicyclic) bond motifs is 1. The van der Waals surface area contributed by atoms with Gasteiger partial charge in [0.1, 0.15) is 0 Å². The van der Waals surface area contributed by atoms with Crippen LogP contribution in [0.25, 0.3) is 10.2 Å². The normalized spacial score (nSPS) is 10.8. The summed E-state index contributed by atoms with van der Waals surface area (Å²) in [7, 11) is 0. The molecule has 0 aliphatic heterocycles. The predicted molar refractivity (Wildman–Crippen MR) is 109 cm³/mol. The third-order valence-electron chi connectivity index (χ3n) is 4.06. The maximum atomic E-state index is 12.5. The van der Waals surface area contributed by atoms with E-state index in [1.165, 1.54) is 0 Å². The fourth-order valence-electron chi connectivity index (χ4n) is 2.68. The van der Waals surface area contributed by atoms with Crippen molar-refractivity contribution in [3.05, 3.63) is 48.0 Å². The first-order chi connectivity index (χ1) is 12.1. The van der Waals surface area contributed by atoms with Gasteiger partial charge in [0, 0.05) is 30.0 Å². The average Bonchev–Trinajstić information content (AvgIpc) is 3.06. The Morgan fingerprint density at radius 1 is 1.16 bits per heavy atom. The molecule has 1 N–H and O–H groups in total. The van der Waals surface area contributed by atoms with E-state index in [0.29, 0.717) is 5.56 Å². The van der Waals surface area contributed by atoms with Gasteiger partial charge in [-0.25, -0.2) is 4.98 Å². The number of thioether (sulfide) groups is 1. The Morgan fingerprint density at radius 2 is 1.88 bits per heavy atom. The summed E-state index contributed by atoms with van der Waals surface area (Å²) in [6, 6.07) is 13.6. The van der Waals surface area contributed by atoms with Gasteiger partial charge in [-0.15, -0.1) is 11.3 Å². The van der Waals surface area contributed by atoms with Crippen molar-refractivity contribution in [3.8, 4) is 0 Å². The van der Waals surface area contributed by atoms with E-state index in [9.17, 15) is 4.79 Å². The lowest BCUT2D eigenvalue weighted by Crippen LogP contribution is -2.21. The first-order valence-corrected chi connectivity index (χ1v) is 10.3. The van der Waals surface area contributed by atoms with Crippen LogP contribution in [0.3, 0.4) is 0 Å². The van der Waals surface area contributed by atoms with Crippen molar-refractivity contribution in [1.29, 1.82) is 0 Å². The minimum atomic E-state index is -0.0972. The number of anilines is 2. The number of nitrogens with zero attached hydrogens (tertiary/aromatic N) is 2. The fourth-order valence-corrected chi connectivity index (χ4v) is 4.21. The Morgan fingerprint density at radius 3 is 2.52 bits per heavy atom. The molecule has 0 aliphatic rings. The van der Waals surface area contributed by atoms with Crippen LogP contribution in [-0.2, 0) is 0 Å². The van der Waals surface area contributed by atoms with E-state index in [2.05, 4.69) is 29.0 Å². The van der Waals surface area contributed by atoms with E-state index in [1.807, 2.05) is 48.7 Å². The molecule has 0 radical (unpaired) electrons. The summed E-state index contributed by atoms with van der Waals surface area (Å²) in [5, 5.41) is 2.97. The molecule has 130 valence electrons. The highest BCUT2D eigenvalue weighted by molar-refractivity contribution is 8.00. The summed E-state index contributed by atoms with van der Waals surface area (Å²) in [6.45, 7) is 6.16. The third kappa shape index (κ3) is 3.96. The molecule has 4 nitrogen and oxygen atoms in total. The number of hydrogen-bond donors (Lipinski definition) is 1. The molecule has 1 heterocycles. The van der Waals surface area contributed by atoms with E-state index in [1.54, 1.807) is 23.1 Å². The molecule has 3 rings (SSSR count). The number of thiazole rings is 1. The monoisotopic (exact) mass is 371 g/mol. The van der Waals surface area contributed by atoms with E-state index in [0.717, 1.165) is 39.0 Å². The maximum absolute atomic E-state index is 12.5. The van der Waals surface area contributed by atoms with Crippen molar-refractivity contribution in [2.24, 2.45) is 0 Å². The Kier molecular flexibility index (Phi) is 5.60. The Labute approximate surface area is 156 Å². The molecular formula is C19H21N3OS2. The summed E-state index contributed by atoms with van der Waals surface area (Å²) in [5.74, 6) is -0.0972. The van der Waals surface area contributed by atoms with E-state index < -0.39 is 0 Å². The quantitative estimate of drug-likeness (QED) is 0.611. The maximum Gasteiger partial charge on any atom is 0.255 e. The van der Waals surface area contributed by atoms with Crippen LogP contribution in [0.4, 0.5) is 11.4 Å². The second kappa shape index (κ2) is 7.89. The van der Waals surface area contributed by atoms with Crippen LogP contribution in [0.2, 0.25) is 0 Å². The molecule has 0 unspecified atom stereocenters. The molecule has 25 heavy (non-hydrogen) atoms. The number of carbonyl (C=O) groups excluding carboxylic acids is 1. The highest BCUT2D eigenvalue weighted by Gasteiger charge is 2.09. The van der Waals surface area contributed by atoms with Gasteiger partial charge in [-0.3, -0.25) is 4.79 Å². The number of aromatic nitrogens is 1. The van der Waals surface area contributed by atoms with E-state index in [-0.39, 0.29) is 5.91 Å². The predicted octanol–water partition coefficient (Wildman–Crippen LogP) is 5.12. The standard InChI is InChI=1S/C19H21N3OS2/c1-4-22(5-2)15-9-6-13(7-10-15)18(23)20-14-8-11-16-17(12-14)25-19(21-16)24-3/h6-12H,4-5H2,1-3H3,(H,20,23). The van der Waals surface area contributed by atoms with Crippen molar-refractivity contribution in [1.82, 2.24) is 4.98 Å². The minimum absolute atomic E-state index is 0.0972. The summed E-state index contributed by atoms with van der Waals surface area (Å²) < 4.78 is 2.12. The lowest BCUT2D eigenvalue weighted by atomic mass is 10.1. The van der Waals surface area contributed by atoms with Gasteiger partial charge in [-0.05, 0) is 62.6 Å². The molecular weight excluding hydrogens is 350 g/mol. The number of rotatable bonds is 6.